The molecule has 0 aliphatic heterocycles. The molecule has 3 heteroatoms. The van der Waals surface area contributed by atoms with Gasteiger partial charge in [0.1, 0.15) is 0 Å². The van der Waals surface area contributed by atoms with Crippen molar-refractivity contribution < 1.29 is 21.7 Å². The minimum atomic E-state index is 0. The first-order valence-electron chi connectivity index (χ1n) is 9.90. The monoisotopic (exact) mass is 359 g/mol. The summed E-state index contributed by atoms with van der Waals surface area (Å²) in [7, 11) is 4.58. The molecule has 0 saturated heterocycles. The molecular formula is C21H42ClNO. The molecule has 0 fully saturated rings. The van der Waals surface area contributed by atoms with E-state index in [-0.39, 0.29) is 18.2 Å². The number of allylic oxidation sites excluding steroid dienone is 1. The van der Waals surface area contributed by atoms with Crippen LogP contribution in [0.15, 0.2) is 12.2 Å². The maximum Gasteiger partial charge on any atom is 0.158 e. The average Bonchev–Trinajstić information content (AvgIpc) is 2.48. The van der Waals surface area contributed by atoms with Gasteiger partial charge in [0.05, 0.1) is 27.2 Å². The number of halogens is 1. The minimum Gasteiger partial charge on any atom is -1.00 e. The maximum atomic E-state index is 11.6. The van der Waals surface area contributed by atoms with Gasteiger partial charge in [0.25, 0.3) is 0 Å². The van der Waals surface area contributed by atoms with E-state index in [1.54, 1.807) is 0 Å². The van der Waals surface area contributed by atoms with Crippen molar-refractivity contribution in [3.05, 3.63) is 12.2 Å². The first-order chi connectivity index (χ1) is 10.9. The topological polar surface area (TPSA) is 17.1 Å². The van der Waals surface area contributed by atoms with Crippen LogP contribution in [0, 0.1) is 0 Å². The minimum absolute atomic E-state index is 0. The van der Waals surface area contributed by atoms with Gasteiger partial charge in [-0.2, -0.15) is 0 Å². The molecule has 0 unspecified atom stereocenters. The first kappa shape index (κ1) is 25.9. The van der Waals surface area contributed by atoms with Crippen molar-refractivity contribution in [2.45, 2.75) is 90.9 Å². The Kier molecular flexibility index (Phi) is 17.4. The second-order valence-corrected chi connectivity index (χ2v) is 7.87. The molecule has 0 N–H and O–H groups in total. The van der Waals surface area contributed by atoms with Crippen LogP contribution in [0.2, 0.25) is 0 Å². The van der Waals surface area contributed by atoms with Crippen LogP contribution in [0.25, 0.3) is 0 Å². The van der Waals surface area contributed by atoms with Gasteiger partial charge in [-0.15, -0.1) is 0 Å². The SMILES string of the molecule is C=C(C)C(=O)CCC[N+](C)(C)CCCCCCCCCCCC.[Cl-]. The summed E-state index contributed by atoms with van der Waals surface area (Å²) in [6.07, 6.45) is 15.6. The second kappa shape index (κ2) is 16.1. The van der Waals surface area contributed by atoms with Crippen molar-refractivity contribution in [1.82, 2.24) is 0 Å². The molecule has 24 heavy (non-hydrogen) atoms. The summed E-state index contributed by atoms with van der Waals surface area (Å²) >= 11 is 0. The zero-order valence-corrected chi connectivity index (χ0v) is 17.6. The molecule has 0 amide bonds. The molecule has 0 rings (SSSR count). The van der Waals surface area contributed by atoms with Crippen LogP contribution in [0.4, 0.5) is 0 Å². The Labute approximate surface area is 158 Å². The highest BCUT2D eigenvalue weighted by molar-refractivity contribution is 5.93. The van der Waals surface area contributed by atoms with Gasteiger partial charge in [0, 0.05) is 12.8 Å². The van der Waals surface area contributed by atoms with Gasteiger partial charge >= 0.3 is 0 Å². The molecule has 0 bridgehead atoms. The van der Waals surface area contributed by atoms with E-state index in [4.69, 9.17) is 0 Å². The molecule has 0 heterocycles. The molecule has 144 valence electrons. The number of nitrogens with zero attached hydrogens (tertiary/aromatic N) is 1. The third kappa shape index (κ3) is 16.5. The van der Waals surface area contributed by atoms with E-state index >= 15 is 0 Å². The van der Waals surface area contributed by atoms with Crippen LogP contribution in [0.1, 0.15) is 90.9 Å². The average molecular weight is 360 g/mol. The normalized spacial score (nSPS) is 11.2. The van der Waals surface area contributed by atoms with E-state index in [1.807, 2.05) is 6.92 Å². The summed E-state index contributed by atoms with van der Waals surface area (Å²) in [6, 6.07) is 0. The number of ketones is 1. The van der Waals surface area contributed by atoms with Gasteiger partial charge in [0.2, 0.25) is 0 Å². The summed E-state index contributed by atoms with van der Waals surface area (Å²) in [4.78, 5) is 11.6. The van der Waals surface area contributed by atoms with E-state index in [0.717, 1.165) is 17.4 Å². The van der Waals surface area contributed by atoms with Crippen LogP contribution in [-0.4, -0.2) is 37.5 Å². The number of hydrogen-bond acceptors (Lipinski definition) is 1. The number of rotatable bonds is 16. The number of quaternary nitrogens is 1. The van der Waals surface area contributed by atoms with E-state index in [2.05, 4.69) is 27.6 Å². The van der Waals surface area contributed by atoms with Crippen molar-refractivity contribution in [3.63, 3.8) is 0 Å². The fourth-order valence-corrected chi connectivity index (χ4v) is 3.02. The smallest absolute Gasteiger partial charge is 0.158 e. The number of carbonyl (C=O) groups excluding carboxylic acids is 1. The number of unbranched alkanes of at least 4 members (excludes halogenated alkanes) is 9. The quantitative estimate of drug-likeness (QED) is 0.235. The Bertz CT molecular complexity index is 326. The van der Waals surface area contributed by atoms with Gasteiger partial charge in [-0.25, -0.2) is 0 Å². The second-order valence-electron chi connectivity index (χ2n) is 7.87. The van der Waals surface area contributed by atoms with E-state index in [0.29, 0.717) is 12.0 Å². The van der Waals surface area contributed by atoms with Gasteiger partial charge in [-0.1, -0.05) is 64.9 Å². The van der Waals surface area contributed by atoms with E-state index < -0.39 is 0 Å². The van der Waals surface area contributed by atoms with Gasteiger partial charge < -0.3 is 16.9 Å². The Hall–Kier alpha value is -0.340. The lowest BCUT2D eigenvalue weighted by Crippen LogP contribution is -3.00. The van der Waals surface area contributed by atoms with E-state index in [1.165, 1.54) is 70.8 Å². The summed E-state index contributed by atoms with van der Waals surface area (Å²) in [5.74, 6) is 0.226. The van der Waals surface area contributed by atoms with Crippen molar-refractivity contribution in [2.24, 2.45) is 0 Å². The molecule has 0 saturated carbocycles. The Morgan fingerprint density at radius 1 is 0.792 bits per heavy atom. The highest BCUT2D eigenvalue weighted by Crippen LogP contribution is 2.12. The highest BCUT2D eigenvalue weighted by Gasteiger charge is 2.15. The largest absolute Gasteiger partial charge is 1.00 e. The fraction of sp³-hybridized carbons (Fsp3) is 0.857. The lowest BCUT2D eigenvalue weighted by Gasteiger charge is -2.29. The summed E-state index contributed by atoms with van der Waals surface area (Å²) in [5, 5.41) is 0. The van der Waals surface area contributed by atoms with E-state index in [9.17, 15) is 4.79 Å². The molecule has 0 aromatic heterocycles. The number of hydrogen-bond donors (Lipinski definition) is 0. The predicted molar refractivity (Wildman–Crippen MR) is 103 cm³/mol. The van der Waals surface area contributed by atoms with Gasteiger partial charge in [0.15, 0.2) is 5.78 Å². The molecule has 0 aliphatic carbocycles. The van der Waals surface area contributed by atoms with Crippen LogP contribution >= 0.6 is 0 Å². The first-order valence-corrected chi connectivity index (χ1v) is 9.90. The van der Waals surface area contributed by atoms with Crippen LogP contribution in [-0.2, 0) is 4.79 Å². The molecule has 2 nitrogen and oxygen atoms in total. The lowest BCUT2D eigenvalue weighted by atomic mass is 10.1. The lowest BCUT2D eigenvalue weighted by molar-refractivity contribution is -0.890. The molecule has 0 radical (unpaired) electrons. The maximum absolute atomic E-state index is 11.6. The highest BCUT2D eigenvalue weighted by atomic mass is 35.5. The number of Topliss-reactive ketones (excluding diaryl/α,β-unsaturated/α-hetero) is 1. The van der Waals surface area contributed by atoms with Gasteiger partial charge in [-0.3, -0.25) is 4.79 Å². The van der Waals surface area contributed by atoms with Crippen LogP contribution < -0.4 is 12.4 Å². The number of carbonyl (C=O) groups is 1. The molecule has 0 aromatic carbocycles. The van der Waals surface area contributed by atoms with Crippen molar-refractivity contribution in [1.29, 1.82) is 0 Å². The van der Waals surface area contributed by atoms with Crippen molar-refractivity contribution in [2.75, 3.05) is 27.2 Å². The molecular weight excluding hydrogens is 318 g/mol. The van der Waals surface area contributed by atoms with Gasteiger partial charge in [-0.05, 0) is 25.3 Å². The Morgan fingerprint density at radius 2 is 1.21 bits per heavy atom. The summed E-state index contributed by atoms with van der Waals surface area (Å²) in [6.45, 7) is 10.1. The Balaban J connectivity index is 0. The molecule has 0 aliphatic rings. The Morgan fingerprint density at radius 3 is 1.67 bits per heavy atom. The van der Waals surface area contributed by atoms with Crippen molar-refractivity contribution in [3.8, 4) is 0 Å². The standard InChI is InChI=1S/C21H42NO.ClH/c1-6-7-8-9-10-11-12-13-14-15-18-22(4,5)19-16-17-21(23)20(2)3;/h2,6-19H2,1,3-5H3;1H/q+1;/p-1. The molecule has 0 spiro atoms. The third-order valence-corrected chi connectivity index (χ3v) is 4.76. The van der Waals surface area contributed by atoms with Crippen molar-refractivity contribution >= 4 is 5.78 Å². The predicted octanol–water partition coefficient (Wildman–Crippen LogP) is 2.91. The van der Waals surface area contributed by atoms with Crippen LogP contribution in [0.3, 0.4) is 0 Å². The summed E-state index contributed by atoms with van der Waals surface area (Å²) < 4.78 is 1.04. The van der Waals surface area contributed by atoms with Crippen LogP contribution in [0.5, 0.6) is 0 Å². The molecule has 0 aromatic rings. The zero-order chi connectivity index (χ0) is 17.6. The zero-order valence-electron chi connectivity index (χ0n) is 16.8. The summed E-state index contributed by atoms with van der Waals surface area (Å²) in [5.41, 5.74) is 0.699. The molecule has 0 atom stereocenters. The third-order valence-electron chi connectivity index (χ3n) is 4.76. The fourth-order valence-electron chi connectivity index (χ4n) is 3.02.